The molecule has 0 saturated carbocycles. The number of likely N-dealkylation sites (tertiary alicyclic amines) is 1. The van der Waals surface area contributed by atoms with E-state index in [1.54, 1.807) is 0 Å². The van der Waals surface area contributed by atoms with Crippen molar-refractivity contribution in [1.82, 2.24) is 10.2 Å². The topological polar surface area (TPSA) is 35.5 Å². The van der Waals surface area contributed by atoms with Crippen LogP contribution in [-0.4, -0.2) is 48.3 Å². The lowest BCUT2D eigenvalue weighted by molar-refractivity contribution is 0.177. The van der Waals surface area contributed by atoms with Crippen LogP contribution in [0.15, 0.2) is 0 Å². The van der Waals surface area contributed by atoms with Gasteiger partial charge in [0.25, 0.3) is 0 Å². The fraction of sp³-hybridized carbons (Fsp3) is 1.00. The first-order chi connectivity index (χ1) is 7.69. The number of nitrogens with one attached hydrogen (secondary N) is 1. The van der Waals surface area contributed by atoms with Crippen LogP contribution in [0.25, 0.3) is 0 Å². The van der Waals surface area contributed by atoms with Gasteiger partial charge in [0.05, 0.1) is 6.61 Å². The molecule has 1 saturated heterocycles. The van der Waals surface area contributed by atoms with Crippen molar-refractivity contribution in [2.75, 3.05) is 26.2 Å². The normalized spacial score (nSPS) is 24.2. The molecule has 3 heteroatoms. The summed E-state index contributed by atoms with van der Waals surface area (Å²) in [6.07, 6.45) is 3.75. The molecule has 2 atom stereocenters. The van der Waals surface area contributed by atoms with Gasteiger partial charge in [-0.15, -0.1) is 0 Å². The Labute approximate surface area is 100 Å². The molecule has 96 valence electrons. The summed E-state index contributed by atoms with van der Waals surface area (Å²) < 4.78 is 0. The van der Waals surface area contributed by atoms with Crippen LogP contribution in [0.3, 0.4) is 0 Å². The first-order valence-electron chi connectivity index (χ1n) is 6.77. The van der Waals surface area contributed by atoms with E-state index in [-0.39, 0.29) is 12.6 Å². The molecule has 1 rings (SSSR count). The number of rotatable bonds is 7. The van der Waals surface area contributed by atoms with Gasteiger partial charge in [-0.2, -0.15) is 0 Å². The van der Waals surface area contributed by atoms with E-state index in [0.717, 1.165) is 31.5 Å². The third-order valence-corrected chi connectivity index (χ3v) is 3.66. The van der Waals surface area contributed by atoms with Crippen LogP contribution in [-0.2, 0) is 0 Å². The summed E-state index contributed by atoms with van der Waals surface area (Å²) in [7, 11) is 0. The van der Waals surface area contributed by atoms with Gasteiger partial charge in [-0.1, -0.05) is 20.8 Å². The van der Waals surface area contributed by atoms with Gasteiger partial charge in [0, 0.05) is 18.6 Å². The van der Waals surface area contributed by atoms with Gasteiger partial charge in [0.1, 0.15) is 0 Å². The maximum absolute atomic E-state index is 9.23. The van der Waals surface area contributed by atoms with Gasteiger partial charge in [-0.25, -0.2) is 0 Å². The van der Waals surface area contributed by atoms with E-state index >= 15 is 0 Å². The van der Waals surface area contributed by atoms with Crippen LogP contribution in [0.1, 0.15) is 40.0 Å². The number of hydrogen-bond donors (Lipinski definition) is 2. The largest absolute Gasteiger partial charge is 0.395 e. The van der Waals surface area contributed by atoms with Crippen LogP contribution in [0.4, 0.5) is 0 Å². The van der Waals surface area contributed by atoms with Gasteiger partial charge in [-0.3, -0.25) is 0 Å². The van der Waals surface area contributed by atoms with Gasteiger partial charge < -0.3 is 15.3 Å². The molecule has 0 aliphatic carbocycles. The zero-order valence-corrected chi connectivity index (χ0v) is 11.1. The quantitative estimate of drug-likeness (QED) is 0.692. The molecule has 1 heterocycles. The summed E-state index contributed by atoms with van der Waals surface area (Å²) in [4.78, 5) is 2.60. The van der Waals surface area contributed by atoms with E-state index < -0.39 is 0 Å². The van der Waals surface area contributed by atoms with E-state index in [9.17, 15) is 5.11 Å². The Hall–Kier alpha value is -0.120. The molecule has 0 spiro atoms. The molecule has 16 heavy (non-hydrogen) atoms. The number of hydrogen-bond acceptors (Lipinski definition) is 3. The molecule has 0 amide bonds. The lowest BCUT2D eigenvalue weighted by Crippen LogP contribution is -2.39. The molecule has 1 aliphatic rings. The van der Waals surface area contributed by atoms with Gasteiger partial charge >= 0.3 is 0 Å². The number of aliphatic hydroxyl groups excluding tert-OH is 1. The van der Waals surface area contributed by atoms with E-state index in [1.165, 1.54) is 19.4 Å². The first-order valence-corrected chi connectivity index (χ1v) is 6.77. The fourth-order valence-electron chi connectivity index (χ4n) is 2.75. The van der Waals surface area contributed by atoms with Crippen molar-refractivity contribution in [2.24, 2.45) is 5.92 Å². The lowest BCUT2D eigenvalue weighted by Gasteiger charge is -2.29. The molecule has 0 aromatic heterocycles. The van der Waals surface area contributed by atoms with Gasteiger partial charge in [0.15, 0.2) is 0 Å². The van der Waals surface area contributed by atoms with E-state index in [4.69, 9.17) is 0 Å². The summed E-state index contributed by atoms with van der Waals surface area (Å²) in [5.74, 6) is 0.759. The van der Waals surface area contributed by atoms with Crippen LogP contribution in [0, 0.1) is 5.92 Å². The first kappa shape index (κ1) is 13.9. The van der Waals surface area contributed by atoms with Gasteiger partial charge in [-0.05, 0) is 38.3 Å². The SMILES string of the molecule is CCNC(CO)CCN1CCCC1C(C)C. The Morgan fingerprint density at radius 3 is 2.75 bits per heavy atom. The Bertz CT molecular complexity index is 185. The molecule has 1 fully saturated rings. The molecular weight excluding hydrogens is 200 g/mol. The highest BCUT2D eigenvalue weighted by Gasteiger charge is 2.26. The van der Waals surface area contributed by atoms with Crippen molar-refractivity contribution in [3.05, 3.63) is 0 Å². The Balaban J connectivity index is 2.30. The van der Waals surface area contributed by atoms with Crippen LogP contribution in [0.5, 0.6) is 0 Å². The average Bonchev–Trinajstić information content (AvgIpc) is 2.72. The highest BCUT2D eigenvalue weighted by molar-refractivity contribution is 4.82. The van der Waals surface area contributed by atoms with Crippen molar-refractivity contribution in [2.45, 2.75) is 52.1 Å². The predicted octanol–water partition coefficient (Wildman–Crippen LogP) is 1.47. The third-order valence-electron chi connectivity index (χ3n) is 3.66. The molecule has 1 aliphatic heterocycles. The van der Waals surface area contributed by atoms with Crippen molar-refractivity contribution in [1.29, 1.82) is 0 Å². The van der Waals surface area contributed by atoms with E-state index in [2.05, 4.69) is 31.0 Å². The second kappa shape index (κ2) is 7.25. The number of likely N-dealkylation sites (N-methyl/N-ethyl adjacent to an activating group) is 1. The molecule has 0 bridgehead atoms. The lowest BCUT2D eigenvalue weighted by atomic mass is 10.0. The van der Waals surface area contributed by atoms with Gasteiger partial charge in [0.2, 0.25) is 0 Å². The predicted molar refractivity (Wildman–Crippen MR) is 68.6 cm³/mol. The molecule has 2 N–H and O–H groups in total. The monoisotopic (exact) mass is 228 g/mol. The summed E-state index contributed by atoms with van der Waals surface area (Å²) >= 11 is 0. The summed E-state index contributed by atoms with van der Waals surface area (Å²) in [6.45, 7) is 10.3. The molecule has 2 unspecified atom stereocenters. The summed E-state index contributed by atoms with van der Waals surface area (Å²) in [5, 5.41) is 12.5. The maximum Gasteiger partial charge on any atom is 0.0585 e. The maximum atomic E-state index is 9.23. The summed E-state index contributed by atoms with van der Waals surface area (Å²) in [6, 6.07) is 1.04. The highest BCUT2D eigenvalue weighted by atomic mass is 16.3. The van der Waals surface area contributed by atoms with E-state index in [0.29, 0.717) is 0 Å². The molecule has 3 nitrogen and oxygen atoms in total. The van der Waals surface area contributed by atoms with Crippen LogP contribution in [0.2, 0.25) is 0 Å². The average molecular weight is 228 g/mol. The smallest absolute Gasteiger partial charge is 0.0585 e. The Morgan fingerprint density at radius 1 is 1.44 bits per heavy atom. The standard InChI is InChI=1S/C13H28N2O/c1-4-14-12(10-16)7-9-15-8-5-6-13(15)11(2)3/h11-14,16H,4-10H2,1-3H3. The minimum atomic E-state index is 0.258. The second-order valence-corrected chi connectivity index (χ2v) is 5.22. The molecule has 0 aromatic carbocycles. The van der Waals surface area contributed by atoms with Crippen molar-refractivity contribution >= 4 is 0 Å². The fourth-order valence-corrected chi connectivity index (χ4v) is 2.75. The number of nitrogens with zero attached hydrogens (tertiary/aromatic N) is 1. The summed E-state index contributed by atoms with van der Waals surface area (Å²) in [5.41, 5.74) is 0. The minimum Gasteiger partial charge on any atom is -0.395 e. The molecule has 0 radical (unpaired) electrons. The van der Waals surface area contributed by atoms with Crippen molar-refractivity contribution in [3.8, 4) is 0 Å². The molecular formula is C13H28N2O. The Morgan fingerprint density at radius 2 is 2.19 bits per heavy atom. The van der Waals surface area contributed by atoms with Crippen molar-refractivity contribution in [3.63, 3.8) is 0 Å². The van der Waals surface area contributed by atoms with Crippen LogP contribution >= 0.6 is 0 Å². The zero-order valence-electron chi connectivity index (χ0n) is 11.1. The second-order valence-electron chi connectivity index (χ2n) is 5.22. The minimum absolute atomic E-state index is 0.258. The molecule has 0 aromatic rings. The Kier molecular flexibility index (Phi) is 6.32. The zero-order chi connectivity index (χ0) is 12.0. The van der Waals surface area contributed by atoms with Crippen LogP contribution < -0.4 is 5.32 Å². The number of aliphatic hydroxyl groups is 1. The third kappa shape index (κ3) is 4.04. The van der Waals surface area contributed by atoms with Crippen molar-refractivity contribution < 1.29 is 5.11 Å². The van der Waals surface area contributed by atoms with E-state index in [1.807, 2.05) is 0 Å². The highest BCUT2D eigenvalue weighted by Crippen LogP contribution is 2.23.